The minimum atomic E-state index is -4.36. The molecule has 20 heavy (non-hydrogen) atoms. The zero-order valence-corrected chi connectivity index (χ0v) is 11.1. The van der Waals surface area contributed by atoms with Gasteiger partial charge in [0.15, 0.2) is 0 Å². The zero-order chi connectivity index (χ0) is 15.2. The number of amides is 2. The molecule has 0 aliphatic heterocycles. The predicted molar refractivity (Wildman–Crippen MR) is 68.0 cm³/mol. The summed E-state index contributed by atoms with van der Waals surface area (Å²) in [4.78, 5) is 13.1. The van der Waals surface area contributed by atoms with E-state index >= 15 is 0 Å². The van der Waals surface area contributed by atoms with Crippen LogP contribution in [0.15, 0.2) is 24.3 Å². The first-order chi connectivity index (χ1) is 9.38. The molecule has 0 radical (unpaired) electrons. The van der Waals surface area contributed by atoms with Gasteiger partial charge in [-0.25, -0.2) is 4.79 Å². The first kappa shape index (κ1) is 16.3. The number of rotatable bonds is 5. The summed E-state index contributed by atoms with van der Waals surface area (Å²) >= 11 is 0. The SMILES string of the molecule is CCN(CCO)C(=O)NCc1ccc(C(F)(F)F)cc1. The molecule has 1 aromatic carbocycles. The van der Waals surface area contributed by atoms with E-state index in [0.717, 1.165) is 12.1 Å². The third kappa shape index (κ3) is 4.73. The van der Waals surface area contributed by atoms with Crippen LogP contribution in [0.5, 0.6) is 0 Å². The molecule has 0 heterocycles. The number of halogens is 3. The van der Waals surface area contributed by atoms with Crippen molar-refractivity contribution in [2.75, 3.05) is 19.7 Å². The maximum Gasteiger partial charge on any atom is 0.416 e. The lowest BCUT2D eigenvalue weighted by molar-refractivity contribution is -0.137. The van der Waals surface area contributed by atoms with E-state index in [0.29, 0.717) is 12.1 Å². The van der Waals surface area contributed by atoms with Crippen LogP contribution in [-0.2, 0) is 12.7 Å². The summed E-state index contributed by atoms with van der Waals surface area (Å²) in [6.45, 7) is 2.43. The zero-order valence-electron chi connectivity index (χ0n) is 11.1. The van der Waals surface area contributed by atoms with Gasteiger partial charge in [0, 0.05) is 19.6 Å². The smallest absolute Gasteiger partial charge is 0.395 e. The van der Waals surface area contributed by atoms with Crippen molar-refractivity contribution in [3.8, 4) is 0 Å². The van der Waals surface area contributed by atoms with E-state index in [9.17, 15) is 18.0 Å². The highest BCUT2D eigenvalue weighted by molar-refractivity contribution is 5.74. The number of hydrogen-bond donors (Lipinski definition) is 2. The highest BCUT2D eigenvalue weighted by Gasteiger charge is 2.29. The number of nitrogens with zero attached hydrogens (tertiary/aromatic N) is 1. The maximum atomic E-state index is 12.4. The van der Waals surface area contributed by atoms with Crippen LogP contribution in [0, 0.1) is 0 Å². The predicted octanol–water partition coefficient (Wildman–Crippen LogP) is 2.23. The molecule has 1 rings (SSSR count). The topological polar surface area (TPSA) is 52.6 Å². The maximum absolute atomic E-state index is 12.4. The average molecular weight is 290 g/mol. The van der Waals surface area contributed by atoms with E-state index in [4.69, 9.17) is 5.11 Å². The number of aliphatic hydroxyl groups excluding tert-OH is 1. The minimum absolute atomic E-state index is 0.137. The Kier molecular flexibility index (Phi) is 5.82. The highest BCUT2D eigenvalue weighted by atomic mass is 19.4. The molecule has 7 heteroatoms. The van der Waals surface area contributed by atoms with E-state index < -0.39 is 11.7 Å². The van der Waals surface area contributed by atoms with Crippen LogP contribution in [0.1, 0.15) is 18.1 Å². The molecule has 112 valence electrons. The molecule has 0 saturated heterocycles. The van der Waals surface area contributed by atoms with Gasteiger partial charge in [-0.3, -0.25) is 0 Å². The second-order valence-electron chi connectivity index (χ2n) is 4.16. The third-order valence-electron chi connectivity index (χ3n) is 2.76. The molecule has 0 unspecified atom stereocenters. The molecule has 0 fully saturated rings. The Balaban J connectivity index is 2.55. The van der Waals surface area contributed by atoms with Gasteiger partial charge in [0.1, 0.15) is 0 Å². The van der Waals surface area contributed by atoms with Crippen LogP contribution in [0.3, 0.4) is 0 Å². The molecule has 2 amide bonds. The van der Waals surface area contributed by atoms with E-state index in [1.165, 1.54) is 17.0 Å². The Hall–Kier alpha value is -1.76. The van der Waals surface area contributed by atoms with E-state index in [-0.39, 0.29) is 25.7 Å². The molecular formula is C13H17F3N2O2. The lowest BCUT2D eigenvalue weighted by atomic mass is 10.1. The first-order valence-electron chi connectivity index (χ1n) is 6.18. The Labute approximate surface area is 115 Å². The van der Waals surface area contributed by atoms with Crippen molar-refractivity contribution in [1.29, 1.82) is 0 Å². The molecule has 0 aliphatic rings. The van der Waals surface area contributed by atoms with Crippen LogP contribution in [0.25, 0.3) is 0 Å². The number of aliphatic hydroxyl groups is 1. The number of urea groups is 1. The standard InChI is InChI=1S/C13H17F3N2O2/c1-2-18(7-8-19)12(20)17-9-10-3-5-11(6-4-10)13(14,15)16/h3-6,19H,2,7-9H2,1H3,(H,17,20). The quantitative estimate of drug-likeness (QED) is 0.873. The summed E-state index contributed by atoms with van der Waals surface area (Å²) in [7, 11) is 0. The average Bonchev–Trinajstić information content (AvgIpc) is 2.41. The van der Waals surface area contributed by atoms with Crippen LogP contribution < -0.4 is 5.32 Å². The molecular weight excluding hydrogens is 273 g/mol. The number of carbonyl (C=O) groups is 1. The van der Waals surface area contributed by atoms with Crippen molar-refractivity contribution < 1.29 is 23.1 Å². The fraction of sp³-hybridized carbons (Fsp3) is 0.462. The number of alkyl halides is 3. The molecule has 2 N–H and O–H groups in total. The van der Waals surface area contributed by atoms with Gasteiger partial charge < -0.3 is 15.3 Å². The van der Waals surface area contributed by atoms with Gasteiger partial charge in [0.25, 0.3) is 0 Å². The molecule has 0 spiro atoms. The summed E-state index contributed by atoms with van der Waals surface area (Å²) in [6.07, 6.45) is -4.36. The van der Waals surface area contributed by atoms with Gasteiger partial charge in [-0.1, -0.05) is 12.1 Å². The Morgan fingerprint density at radius 3 is 2.35 bits per heavy atom. The second-order valence-corrected chi connectivity index (χ2v) is 4.16. The largest absolute Gasteiger partial charge is 0.416 e. The lowest BCUT2D eigenvalue weighted by Crippen LogP contribution is -2.41. The summed E-state index contributed by atoms with van der Waals surface area (Å²) in [5, 5.41) is 11.4. The molecule has 0 aliphatic carbocycles. The van der Waals surface area contributed by atoms with Crippen LogP contribution in [0.2, 0.25) is 0 Å². The summed E-state index contributed by atoms with van der Waals surface area (Å²) < 4.78 is 37.1. The van der Waals surface area contributed by atoms with Crippen molar-refractivity contribution in [3.63, 3.8) is 0 Å². The van der Waals surface area contributed by atoms with Crippen molar-refractivity contribution in [2.45, 2.75) is 19.6 Å². The normalized spacial score (nSPS) is 11.2. The Bertz CT molecular complexity index is 432. The Morgan fingerprint density at radius 2 is 1.90 bits per heavy atom. The molecule has 0 atom stereocenters. The molecule has 0 bridgehead atoms. The lowest BCUT2D eigenvalue weighted by Gasteiger charge is -2.20. The van der Waals surface area contributed by atoms with Crippen molar-refractivity contribution in [3.05, 3.63) is 35.4 Å². The molecule has 4 nitrogen and oxygen atoms in total. The number of benzene rings is 1. The van der Waals surface area contributed by atoms with Crippen molar-refractivity contribution >= 4 is 6.03 Å². The van der Waals surface area contributed by atoms with Gasteiger partial charge >= 0.3 is 12.2 Å². The number of carbonyl (C=O) groups excluding carboxylic acids is 1. The summed E-state index contributed by atoms with van der Waals surface area (Å²) in [6, 6.07) is 4.25. The number of nitrogens with one attached hydrogen (secondary N) is 1. The fourth-order valence-electron chi connectivity index (χ4n) is 1.63. The monoisotopic (exact) mass is 290 g/mol. The third-order valence-corrected chi connectivity index (χ3v) is 2.76. The van der Waals surface area contributed by atoms with Gasteiger partial charge in [-0.15, -0.1) is 0 Å². The molecule has 0 aromatic heterocycles. The first-order valence-corrected chi connectivity index (χ1v) is 6.18. The summed E-state index contributed by atoms with van der Waals surface area (Å²) in [5.74, 6) is 0. The highest BCUT2D eigenvalue weighted by Crippen LogP contribution is 2.28. The second kappa shape index (κ2) is 7.14. The summed E-state index contributed by atoms with van der Waals surface area (Å²) in [5.41, 5.74) is -0.144. The fourth-order valence-corrected chi connectivity index (χ4v) is 1.63. The van der Waals surface area contributed by atoms with Gasteiger partial charge in [-0.05, 0) is 24.6 Å². The van der Waals surface area contributed by atoms with E-state index in [1.807, 2.05) is 0 Å². The van der Waals surface area contributed by atoms with Gasteiger partial charge in [-0.2, -0.15) is 13.2 Å². The van der Waals surface area contributed by atoms with Crippen molar-refractivity contribution in [1.82, 2.24) is 10.2 Å². The van der Waals surface area contributed by atoms with Crippen LogP contribution in [0.4, 0.5) is 18.0 Å². The van der Waals surface area contributed by atoms with E-state index in [2.05, 4.69) is 5.32 Å². The van der Waals surface area contributed by atoms with Gasteiger partial charge in [0.2, 0.25) is 0 Å². The Morgan fingerprint density at radius 1 is 1.30 bits per heavy atom. The minimum Gasteiger partial charge on any atom is -0.395 e. The van der Waals surface area contributed by atoms with E-state index in [1.54, 1.807) is 6.92 Å². The molecule has 0 saturated carbocycles. The number of likely N-dealkylation sites (N-methyl/N-ethyl adjacent to an activating group) is 1. The van der Waals surface area contributed by atoms with Crippen LogP contribution in [-0.4, -0.2) is 35.7 Å². The van der Waals surface area contributed by atoms with Crippen LogP contribution >= 0.6 is 0 Å². The number of hydrogen-bond acceptors (Lipinski definition) is 2. The molecule has 1 aromatic rings. The van der Waals surface area contributed by atoms with Gasteiger partial charge in [0.05, 0.1) is 12.2 Å². The van der Waals surface area contributed by atoms with Crippen molar-refractivity contribution in [2.24, 2.45) is 0 Å².